The number of rotatable bonds is 0. The third-order valence-corrected chi connectivity index (χ3v) is 1.35. The van der Waals surface area contributed by atoms with Crippen molar-refractivity contribution in [1.29, 1.82) is 0 Å². The molecule has 1 heterocycles. The monoisotopic (exact) mass is 126 g/mol. The zero-order valence-electron chi connectivity index (χ0n) is 5.52. The molecule has 0 saturated carbocycles. The van der Waals surface area contributed by atoms with Gasteiger partial charge >= 0.3 is 5.97 Å². The third kappa shape index (κ3) is 1.56. The van der Waals surface area contributed by atoms with Gasteiger partial charge in [-0.15, -0.1) is 0 Å². The van der Waals surface area contributed by atoms with Gasteiger partial charge in [-0.25, -0.2) is 4.79 Å². The van der Waals surface area contributed by atoms with Crippen molar-refractivity contribution in [2.45, 2.75) is 19.8 Å². The van der Waals surface area contributed by atoms with Crippen molar-refractivity contribution in [2.24, 2.45) is 0 Å². The Bertz CT molecular complexity index is 147. The SMILES string of the molecule is CC1=CCCCOC1=O. The normalized spacial score (nSPS) is 20.1. The first-order chi connectivity index (χ1) is 4.30. The molecule has 9 heavy (non-hydrogen) atoms. The summed E-state index contributed by atoms with van der Waals surface area (Å²) in [4.78, 5) is 10.7. The number of ether oxygens (including phenoxy) is 1. The average Bonchev–Trinajstić information content (AvgIpc) is 1.99. The van der Waals surface area contributed by atoms with Gasteiger partial charge in [0.15, 0.2) is 0 Å². The van der Waals surface area contributed by atoms with E-state index in [-0.39, 0.29) is 5.97 Å². The first-order valence-electron chi connectivity index (χ1n) is 3.14. The van der Waals surface area contributed by atoms with Crippen molar-refractivity contribution in [3.8, 4) is 0 Å². The Morgan fingerprint density at radius 3 is 3.22 bits per heavy atom. The fourth-order valence-corrected chi connectivity index (χ4v) is 0.764. The predicted molar refractivity (Wildman–Crippen MR) is 33.9 cm³/mol. The number of cyclic esters (lactones) is 1. The van der Waals surface area contributed by atoms with E-state index in [1.165, 1.54) is 0 Å². The maximum absolute atomic E-state index is 10.7. The largest absolute Gasteiger partial charge is 0.462 e. The molecule has 0 aliphatic carbocycles. The van der Waals surface area contributed by atoms with Crippen molar-refractivity contribution >= 4 is 5.97 Å². The van der Waals surface area contributed by atoms with Crippen LogP contribution in [0.4, 0.5) is 0 Å². The topological polar surface area (TPSA) is 26.3 Å². The molecule has 0 atom stereocenters. The molecule has 1 aliphatic rings. The fourth-order valence-electron chi connectivity index (χ4n) is 0.764. The number of hydrogen-bond acceptors (Lipinski definition) is 2. The first-order valence-corrected chi connectivity index (χ1v) is 3.14. The van der Waals surface area contributed by atoms with Crippen molar-refractivity contribution < 1.29 is 9.53 Å². The van der Waals surface area contributed by atoms with Crippen molar-refractivity contribution in [3.05, 3.63) is 11.6 Å². The van der Waals surface area contributed by atoms with E-state index >= 15 is 0 Å². The molecule has 1 rings (SSSR count). The average molecular weight is 126 g/mol. The minimum Gasteiger partial charge on any atom is -0.462 e. The van der Waals surface area contributed by atoms with Crippen molar-refractivity contribution in [3.63, 3.8) is 0 Å². The molecule has 0 fully saturated rings. The fraction of sp³-hybridized carbons (Fsp3) is 0.571. The second kappa shape index (κ2) is 2.67. The Morgan fingerprint density at radius 1 is 1.67 bits per heavy atom. The number of carbonyl (C=O) groups is 1. The van der Waals surface area contributed by atoms with E-state index in [2.05, 4.69) is 0 Å². The van der Waals surface area contributed by atoms with Gasteiger partial charge in [0.1, 0.15) is 0 Å². The van der Waals surface area contributed by atoms with Crippen LogP contribution >= 0.6 is 0 Å². The van der Waals surface area contributed by atoms with Crippen LogP contribution in [-0.2, 0) is 9.53 Å². The summed E-state index contributed by atoms with van der Waals surface area (Å²) in [6, 6.07) is 0. The lowest BCUT2D eigenvalue weighted by Gasteiger charge is -1.96. The van der Waals surface area contributed by atoms with Crippen LogP contribution in [-0.4, -0.2) is 12.6 Å². The summed E-state index contributed by atoms with van der Waals surface area (Å²) in [7, 11) is 0. The van der Waals surface area contributed by atoms with Crippen LogP contribution in [0.25, 0.3) is 0 Å². The van der Waals surface area contributed by atoms with Crippen LogP contribution in [0.1, 0.15) is 19.8 Å². The van der Waals surface area contributed by atoms with E-state index in [0.29, 0.717) is 6.61 Å². The summed E-state index contributed by atoms with van der Waals surface area (Å²) in [5.74, 6) is -0.160. The molecular weight excluding hydrogens is 116 g/mol. The molecule has 1 aliphatic heterocycles. The zero-order chi connectivity index (χ0) is 6.69. The maximum atomic E-state index is 10.7. The Kier molecular flexibility index (Phi) is 1.88. The number of hydrogen-bond donors (Lipinski definition) is 0. The van der Waals surface area contributed by atoms with E-state index in [1.54, 1.807) is 6.92 Å². The minimum atomic E-state index is -0.160. The lowest BCUT2D eigenvalue weighted by Crippen LogP contribution is -2.03. The number of carbonyl (C=O) groups excluding carboxylic acids is 1. The Labute approximate surface area is 54.5 Å². The van der Waals surface area contributed by atoms with Gasteiger partial charge in [0.05, 0.1) is 6.61 Å². The van der Waals surface area contributed by atoms with E-state index in [1.807, 2.05) is 6.08 Å². The Morgan fingerprint density at radius 2 is 2.44 bits per heavy atom. The van der Waals surface area contributed by atoms with Gasteiger partial charge in [-0.1, -0.05) is 6.08 Å². The molecule has 0 spiro atoms. The minimum absolute atomic E-state index is 0.160. The standard InChI is InChI=1S/C7H10O2/c1-6-4-2-3-5-9-7(6)8/h4H,2-3,5H2,1H3. The van der Waals surface area contributed by atoms with Gasteiger partial charge in [-0.3, -0.25) is 0 Å². The van der Waals surface area contributed by atoms with Gasteiger partial charge < -0.3 is 4.74 Å². The zero-order valence-corrected chi connectivity index (χ0v) is 5.52. The van der Waals surface area contributed by atoms with Gasteiger partial charge in [0, 0.05) is 5.57 Å². The van der Waals surface area contributed by atoms with Crippen LogP contribution in [0.5, 0.6) is 0 Å². The van der Waals surface area contributed by atoms with Gasteiger partial charge in [-0.2, -0.15) is 0 Å². The van der Waals surface area contributed by atoms with Gasteiger partial charge in [0.25, 0.3) is 0 Å². The second-order valence-electron chi connectivity index (χ2n) is 2.17. The molecule has 0 unspecified atom stereocenters. The smallest absolute Gasteiger partial charge is 0.333 e. The quantitative estimate of drug-likeness (QED) is 0.457. The third-order valence-electron chi connectivity index (χ3n) is 1.35. The summed E-state index contributed by atoms with van der Waals surface area (Å²) in [5.41, 5.74) is 0.743. The predicted octanol–water partition coefficient (Wildman–Crippen LogP) is 1.27. The molecule has 0 aromatic rings. The van der Waals surface area contributed by atoms with Crippen LogP contribution < -0.4 is 0 Å². The molecule has 0 aromatic carbocycles. The lowest BCUT2D eigenvalue weighted by molar-refractivity contribution is -0.138. The van der Waals surface area contributed by atoms with E-state index in [0.717, 1.165) is 18.4 Å². The molecule has 0 aromatic heterocycles. The highest BCUT2D eigenvalue weighted by molar-refractivity contribution is 5.87. The number of esters is 1. The molecular formula is C7H10O2. The molecule has 2 nitrogen and oxygen atoms in total. The second-order valence-corrected chi connectivity index (χ2v) is 2.17. The molecule has 0 saturated heterocycles. The summed E-state index contributed by atoms with van der Waals surface area (Å²) in [6.07, 6.45) is 3.86. The van der Waals surface area contributed by atoms with Crippen LogP contribution in [0.15, 0.2) is 11.6 Å². The van der Waals surface area contributed by atoms with Gasteiger partial charge in [0.2, 0.25) is 0 Å². The molecule has 0 radical (unpaired) electrons. The molecule has 50 valence electrons. The van der Waals surface area contributed by atoms with E-state index in [9.17, 15) is 4.79 Å². The highest BCUT2D eigenvalue weighted by Crippen LogP contribution is 2.06. The van der Waals surface area contributed by atoms with Crippen LogP contribution in [0.3, 0.4) is 0 Å². The summed E-state index contributed by atoms with van der Waals surface area (Å²) >= 11 is 0. The highest BCUT2D eigenvalue weighted by atomic mass is 16.5. The summed E-state index contributed by atoms with van der Waals surface area (Å²) in [6.45, 7) is 2.36. The van der Waals surface area contributed by atoms with E-state index < -0.39 is 0 Å². The van der Waals surface area contributed by atoms with Crippen LogP contribution in [0, 0.1) is 0 Å². The van der Waals surface area contributed by atoms with E-state index in [4.69, 9.17) is 4.74 Å². The molecule has 0 N–H and O–H groups in total. The Hall–Kier alpha value is -0.790. The van der Waals surface area contributed by atoms with Crippen molar-refractivity contribution in [1.82, 2.24) is 0 Å². The molecule has 0 amide bonds. The lowest BCUT2D eigenvalue weighted by atomic mass is 10.2. The highest BCUT2D eigenvalue weighted by Gasteiger charge is 2.07. The Balaban J connectivity index is 2.61. The summed E-state index contributed by atoms with van der Waals surface area (Å²) < 4.78 is 4.81. The number of allylic oxidation sites excluding steroid dienone is 1. The molecule has 0 bridgehead atoms. The molecule has 2 heteroatoms. The summed E-state index contributed by atoms with van der Waals surface area (Å²) in [5, 5.41) is 0. The van der Waals surface area contributed by atoms with Gasteiger partial charge in [-0.05, 0) is 19.8 Å². The van der Waals surface area contributed by atoms with Crippen LogP contribution in [0.2, 0.25) is 0 Å². The maximum Gasteiger partial charge on any atom is 0.333 e. The van der Waals surface area contributed by atoms with Crippen molar-refractivity contribution in [2.75, 3.05) is 6.61 Å². The first kappa shape index (κ1) is 6.33.